The number of hydrogen-bond donors (Lipinski definition) is 3. The predicted molar refractivity (Wildman–Crippen MR) is 87.8 cm³/mol. The molecule has 1 amide bonds. The fourth-order valence-corrected chi connectivity index (χ4v) is 3.71. The molecule has 0 atom stereocenters. The van der Waals surface area contributed by atoms with Crippen LogP contribution in [0.3, 0.4) is 0 Å². The lowest BCUT2D eigenvalue weighted by atomic mass is 9.79. The van der Waals surface area contributed by atoms with E-state index < -0.39 is 10.0 Å². The summed E-state index contributed by atoms with van der Waals surface area (Å²) in [6.07, 6.45) is 4.57. The van der Waals surface area contributed by atoms with E-state index in [0.717, 1.165) is 25.9 Å². The number of nitrogens with zero attached hydrogens (tertiary/aromatic N) is 2. The molecular formula is C14H25N5O4S. The molecule has 10 heteroatoms. The van der Waals surface area contributed by atoms with Gasteiger partial charge in [0.2, 0.25) is 5.91 Å². The number of rotatable bonds is 8. The summed E-state index contributed by atoms with van der Waals surface area (Å²) in [6, 6.07) is 0. The van der Waals surface area contributed by atoms with E-state index >= 15 is 0 Å². The van der Waals surface area contributed by atoms with Crippen LogP contribution in [0.2, 0.25) is 0 Å². The Morgan fingerprint density at radius 3 is 2.75 bits per heavy atom. The number of carbonyl (C=O) groups is 1. The fourth-order valence-electron chi connectivity index (χ4n) is 2.75. The highest BCUT2D eigenvalue weighted by atomic mass is 32.2. The van der Waals surface area contributed by atoms with Gasteiger partial charge in [-0.2, -0.15) is 0 Å². The summed E-state index contributed by atoms with van der Waals surface area (Å²) >= 11 is 0. The van der Waals surface area contributed by atoms with Crippen molar-refractivity contribution in [2.45, 2.75) is 17.9 Å². The van der Waals surface area contributed by atoms with Crippen LogP contribution >= 0.6 is 0 Å². The molecular weight excluding hydrogens is 334 g/mol. The number of aryl methyl sites for hydroxylation is 1. The van der Waals surface area contributed by atoms with Gasteiger partial charge in [0.1, 0.15) is 0 Å². The molecule has 0 saturated carbocycles. The van der Waals surface area contributed by atoms with Crippen LogP contribution in [0, 0.1) is 5.41 Å². The molecule has 0 bridgehead atoms. The zero-order valence-electron chi connectivity index (χ0n) is 14.0. The van der Waals surface area contributed by atoms with Gasteiger partial charge >= 0.3 is 0 Å². The molecule has 9 nitrogen and oxygen atoms in total. The molecule has 2 heterocycles. The fraction of sp³-hybridized carbons (Fsp3) is 0.714. The second-order valence-corrected chi connectivity index (χ2v) is 7.88. The zero-order chi connectivity index (χ0) is 17.6. The van der Waals surface area contributed by atoms with Crippen LogP contribution in [0.1, 0.15) is 12.8 Å². The second kappa shape index (κ2) is 8.06. The minimum Gasteiger partial charge on any atom is -0.384 e. The molecule has 1 saturated heterocycles. The Morgan fingerprint density at radius 2 is 2.17 bits per heavy atom. The quantitative estimate of drug-likeness (QED) is 0.539. The molecule has 0 aliphatic carbocycles. The maximum Gasteiger partial charge on any atom is 0.260 e. The van der Waals surface area contributed by atoms with Crippen molar-refractivity contribution >= 4 is 15.9 Å². The molecule has 24 heavy (non-hydrogen) atoms. The molecule has 1 aromatic heterocycles. The topological polar surface area (TPSA) is 114 Å². The summed E-state index contributed by atoms with van der Waals surface area (Å²) in [6.45, 7) is 2.47. The van der Waals surface area contributed by atoms with Crippen molar-refractivity contribution in [3.8, 4) is 0 Å². The van der Waals surface area contributed by atoms with Crippen LogP contribution in [0.25, 0.3) is 0 Å². The van der Waals surface area contributed by atoms with Gasteiger partial charge in [0.15, 0.2) is 5.03 Å². The highest BCUT2D eigenvalue weighted by Crippen LogP contribution is 2.28. The maximum absolute atomic E-state index is 12.0. The van der Waals surface area contributed by atoms with Crippen molar-refractivity contribution in [2.75, 3.05) is 39.9 Å². The zero-order valence-corrected chi connectivity index (χ0v) is 14.9. The van der Waals surface area contributed by atoms with E-state index in [1.807, 2.05) is 0 Å². The molecule has 0 spiro atoms. The Hall–Kier alpha value is -1.49. The van der Waals surface area contributed by atoms with E-state index in [1.165, 1.54) is 17.1 Å². The van der Waals surface area contributed by atoms with Crippen molar-refractivity contribution in [3.63, 3.8) is 0 Å². The Labute approximate surface area is 142 Å². The maximum atomic E-state index is 12.0. The summed E-state index contributed by atoms with van der Waals surface area (Å²) < 4.78 is 33.1. The van der Waals surface area contributed by atoms with E-state index in [2.05, 4.69) is 20.3 Å². The number of ether oxygens (including phenoxy) is 1. The number of imidazole rings is 1. The summed E-state index contributed by atoms with van der Waals surface area (Å²) in [5, 5.41) is 5.99. The van der Waals surface area contributed by atoms with Gasteiger partial charge in [0.05, 0.1) is 19.5 Å². The van der Waals surface area contributed by atoms with Gasteiger partial charge in [-0.3, -0.25) is 4.79 Å². The van der Waals surface area contributed by atoms with Gasteiger partial charge in [-0.25, -0.2) is 18.1 Å². The number of hydrogen-bond acceptors (Lipinski definition) is 6. The molecule has 2 rings (SSSR count). The van der Waals surface area contributed by atoms with Crippen molar-refractivity contribution in [3.05, 3.63) is 12.5 Å². The number of carbonyl (C=O) groups excluding carboxylic acids is 1. The largest absolute Gasteiger partial charge is 0.384 e. The standard InChI is InChI=1S/C14H25N5O4S/c1-19-8-13(17-11-19)24(21,22)18-7-12(20)16-9-14(10-23-2)3-5-15-6-4-14/h8,11,15,18H,3-7,9-10H2,1-2H3,(H,16,20). The number of sulfonamides is 1. The molecule has 1 aliphatic rings. The van der Waals surface area contributed by atoms with Crippen LogP contribution < -0.4 is 15.4 Å². The van der Waals surface area contributed by atoms with Crippen LogP contribution in [0.4, 0.5) is 0 Å². The number of methoxy groups -OCH3 is 1. The molecule has 0 unspecified atom stereocenters. The van der Waals surface area contributed by atoms with E-state index in [1.54, 1.807) is 14.2 Å². The van der Waals surface area contributed by atoms with Crippen molar-refractivity contribution < 1.29 is 17.9 Å². The number of nitrogens with one attached hydrogen (secondary N) is 3. The van der Waals surface area contributed by atoms with Crippen LogP contribution in [-0.4, -0.2) is 63.8 Å². The molecule has 3 N–H and O–H groups in total. The van der Waals surface area contributed by atoms with Gasteiger partial charge in [-0.05, 0) is 25.9 Å². The van der Waals surface area contributed by atoms with E-state index in [9.17, 15) is 13.2 Å². The van der Waals surface area contributed by atoms with Crippen molar-refractivity contribution in [1.29, 1.82) is 0 Å². The summed E-state index contributed by atoms with van der Waals surface area (Å²) in [4.78, 5) is 15.8. The SMILES string of the molecule is COCC1(CNC(=O)CNS(=O)(=O)c2cn(C)cn2)CCNCC1. The highest BCUT2D eigenvalue weighted by Gasteiger charge is 2.32. The molecule has 0 radical (unpaired) electrons. The van der Waals surface area contributed by atoms with E-state index in [4.69, 9.17) is 4.74 Å². The average Bonchev–Trinajstić information content (AvgIpc) is 3.00. The first-order valence-electron chi connectivity index (χ1n) is 7.81. The molecule has 136 valence electrons. The average molecular weight is 359 g/mol. The first kappa shape index (κ1) is 18.8. The first-order chi connectivity index (χ1) is 11.4. The third kappa shape index (κ3) is 5.00. The number of piperidine rings is 1. The lowest BCUT2D eigenvalue weighted by molar-refractivity contribution is -0.120. The monoisotopic (exact) mass is 359 g/mol. The molecule has 1 aliphatic heterocycles. The van der Waals surface area contributed by atoms with Gasteiger partial charge in [0.25, 0.3) is 10.0 Å². The third-order valence-electron chi connectivity index (χ3n) is 4.15. The van der Waals surface area contributed by atoms with Crippen molar-refractivity contribution in [1.82, 2.24) is 24.9 Å². The summed E-state index contributed by atoms with van der Waals surface area (Å²) in [5.41, 5.74) is -0.102. The Bertz CT molecular complexity index is 646. The summed E-state index contributed by atoms with van der Waals surface area (Å²) in [7, 11) is -0.462. The van der Waals surface area contributed by atoms with Gasteiger partial charge < -0.3 is 19.9 Å². The molecule has 0 aromatic carbocycles. The van der Waals surface area contributed by atoms with Gasteiger partial charge in [-0.1, -0.05) is 0 Å². The predicted octanol–water partition coefficient (Wildman–Crippen LogP) is -1.17. The first-order valence-corrected chi connectivity index (χ1v) is 9.29. The Balaban J connectivity index is 1.84. The third-order valence-corrected chi connectivity index (χ3v) is 5.44. The Kier molecular flexibility index (Phi) is 6.33. The van der Waals surface area contributed by atoms with Crippen molar-refractivity contribution in [2.24, 2.45) is 12.5 Å². The number of amides is 1. The minimum absolute atomic E-state index is 0.102. The lowest BCUT2D eigenvalue weighted by Gasteiger charge is -2.37. The van der Waals surface area contributed by atoms with Crippen LogP contribution in [-0.2, 0) is 26.6 Å². The highest BCUT2D eigenvalue weighted by molar-refractivity contribution is 7.89. The van der Waals surface area contributed by atoms with Gasteiger partial charge in [-0.15, -0.1) is 0 Å². The molecule has 1 fully saturated rings. The van der Waals surface area contributed by atoms with Crippen LogP contribution in [0.15, 0.2) is 17.6 Å². The smallest absolute Gasteiger partial charge is 0.260 e. The lowest BCUT2D eigenvalue weighted by Crippen LogP contribution is -2.48. The Morgan fingerprint density at radius 1 is 1.46 bits per heavy atom. The summed E-state index contributed by atoms with van der Waals surface area (Å²) in [5.74, 6) is -0.372. The van der Waals surface area contributed by atoms with Crippen LogP contribution in [0.5, 0.6) is 0 Å². The molecule has 1 aromatic rings. The van der Waals surface area contributed by atoms with Gasteiger partial charge in [0, 0.05) is 32.3 Å². The van der Waals surface area contributed by atoms with E-state index in [0.29, 0.717) is 13.2 Å². The second-order valence-electron chi connectivity index (χ2n) is 6.16. The normalized spacial score (nSPS) is 17.6. The number of aromatic nitrogens is 2. The minimum atomic E-state index is -3.78. The van der Waals surface area contributed by atoms with E-state index in [-0.39, 0.29) is 22.9 Å².